The number of rotatable bonds is 7. The van der Waals surface area contributed by atoms with E-state index in [1.165, 1.54) is 12.8 Å². The summed E-state index contributed by atoms with van der Waals surface area (Å²) in [6, 6.07) is 9.96. The second-order valence-corrected chi connectivity index (χ2v) is 6.66. The molecule has 2 N–H and O–H groups in total. The molecule has 0 aliphatic heterocycles. The van der Waals surface area contributed by atoms with Crippen molar-refractivity contribution in [2.45, 2.75) is 45.1 Å². The third-order valence-corrected chi connectivity index (χ3v) is 4.65. The Bertz CT molecular complexity index is 757. The van der Waals surface area contributed by atoms with Gasteiger partial charge in [-0.05, 0) is 43.9 Å². The summed E-state index contributed by atoms with van der Waals surface area (Å²) in [6.45, 7) is 2.40. The molecule has 2 aromatic rings. The number of nitrogens with one attached hydrogen (secondary N) is 2. The minimum atomic E-state index is -0.181. The van der Waals surface area contributed by atoms with Crippen LogP contribution in [0.4, 0.5) is 5.95 Å². The lowest BCUT2D eigenvalue weighted by Crippen LogP contribution is -2.27. The number of para-hydroxylation sites is 1. The first-order chi connectivity index (χ1) is 12.7. The van der Waals surface area contributed by atoms with Gasteiger partial charge in [-0.3, -0.25) is 4.79 Å². The van der Waals surface area contributed by atoms with Crippen molar-refractivity contribution >= 4 is 11.9 Å². The number of amides is 1. The Hall–Kier alpha value is -2.63. The monoisotopic (exact) mass is 354 g/mol. The Morgan fingerprint density at radius 3 is 2.77 bits per heavy atom. The third-order valence-electron chi connectivity index (χ3n) is 4.65. The maximum atomic E-state index is 12.5. The fourth-order valence-corrected chi connectivity index (χ4v) is 3.31. The molecular formula is C20H26N4O2. The predicted octanol–water partition coefficient (Wildman–Crippen LogP) is 3.12. The largest absolute Gasteiger partial charge is 0.496 e. The van der Waals surface area contributed by atoms with Crippen molar-refractivity contribution in [3.8, 4) is 5.75 Å². The van der Waals surface area contributed by atoms with Crippen LogP contribution in [0, 0.1) is 6.92 Å². The van der Waals surface area contributed by atoms with E-state index in [9.17, 15) is 4.79 Å². The third kappa shape index (κ3) is 4.71. The van der Waals surface area contributed by atoms with E-state index in [0.717, 1.165) is 29.8 Å². The van der Waals surface area contributed by atoms with Gasteiger partial charge in [-0.15, -0.1) is 0 Å². The maximum absolute atomic E-state index is 12.5. The number of aromatic nitrogens is 2. The molecule has 6 nitrogen and oxygen atoms in total. The molecule has 3 rings (SSSR count). The summed E-state index contributed by atoms with van der Waals surface area (Å²) in [5.41, 5.74) is 2.26. The minimum Gasteiger partial charge on any atom is -0.496 e. The molecule has 6 heteroatoms. The first-order valence-corrected chi connectivity index (χ1v) is 9.18. The van der Waals surface area contributed by atoms with E-state index >= 15 is 0 Å². The number of benzene rings is 1. The number of carbonyl (C=O) groups is 1. The molecule has 0 spiro atoms. The van der Waals surface area contributed by atoms with Crippen molar-refractivity contribution in [2.24, 2.45) is 0 Å². The second-order valence-electron chi connectivity index (χ2n) is 6.66. The van der Waals surface area contributed by atoms with Crippen LogP contribution < -0.4 is 15.4 Å². The zero-order chi connectivity index (χ0) is 18.4. The summed E-state index contributed by atoms with van der Waals surface area (Å²) in [4.78, 5) is 21.3. The molecule has 1 saturated carbocycles. The molecule has 0 atom stereocenters. The van der Waals surface area contributed by atoms with Gasteiger partial charge < -0.3 is 15.4 Å². The Balaban J connectivity index is 1.59. The second kappa shape index (κ2) is 8.65. The van der Waals surface area contributed by atoms with E-state index in [1.807, 2.05) is 31.2 Å². The Kier molecular flexibility index (Phi) is 6.04. The molecule has 0 radical (unpaired) electrons. The van der Waals surface area contributed by atoms with Crippen LogP contribution in [0.3, 0.4) is 0 Å². The molecule has 1 aromatic carbocycles. The Morgan fingerprint density at radius 1 is 1.23 bits per heavy atom. The van der Waals surface area contributed by atoms with Gasteiger partial charge in [0.2, 0.25) is 5.95 Å². The van der Waals surface area contributed by atoms with Crippen LogP contribution >= 0.6 is 0 Å². The number of methoxy groups -OCH3 is 1. The number of aryl methyl sites for hydroxylation is 1. The summed E-state index contributed by atoms with van der Waals surface area (Å²) in [5, 5.41) is 6.29. The highest BCUT2D eigenvalue weighted by Crippen LogP contribution is 2.21. The number of hydrogen-bond acceptors (Lipinski definition) is 5. The normalized spacial score (nSPS) is 14.2. The fourth-order valence-electron chi connectivity index (χ4n) is 3.31. The van der Waals surface area contributed by atoms with Crippen molar-refractivity contribution < 1.29 is 9.53 Å². The molecular weight excluding hydrogens is 328 g/mol. The zero-order valence-corrected chi connectivity index (χ0v) is 15.4. The number of hydrogen-bond donors (Lipinski definition) is 2. The number of carbonyl (C=O) groups excluding carboxylic acids is 1. The number of nitrogens with zero attached hydrogens (tertiary/aromatic N) is 2. The van der Waals surface area contributed by atoms with E-state index < -0.39 is 0 Å². The van der Waals surface area contributed by atoms with Crippen LogP contribution in [-0.2, 0) is 6.42 Å². The first-order valence-electron chi connectivity index (χ1n) is 9.18. The van der Waals surface area contributed by atoms with Crippen LogP contribution in [0.25, 0.3) is 0 Å². The summed E-state index contributed by atoms with van der Waals surface area (Å²) >= 11 is 0. The topological polar surface area (TPSA) is 76.1 Å². The smallest absolute Gasteiger partial charge is 0.270 e. The van der Waals surface area contributed by atoms with Crippen LogP contribution in [0.15, 0.2) is 30.3 Å². The van der Waals surface area contributed by atoms with E-state index in [2.05, 4.69) is 20.6 Å². The molecule has 1 aromatic heterocycles. The minimum absolute atomic E-state index is 0.181. The van der Waals surface area contributed by atoms with Gasteiger partial charge in [-0.25, -0.2) is 9.97 Å². The van der Waals surface area contributed by atoms with Crippen LogP contribution in [-0.4, -0.2) is 35.6 Å². The van der Waals surface area contributed by atoms with Gasteiger partial charge in [0, 0.05) is 18.3 Å². The summed E-state index contributed by atoms with van der Waals surface area (Å²) in [5.74, 6) is 1.20. The standard InChI is InChI=1S/C20H26N4O2/c1-14-13-17(24-20(22-14)23-16-8-4-5-9-16)19(25)21-12-11-15-7-3-6-10-18(15)26-2/h3,6-7,10,13,16H,4-5,8-9,11-12H2,1-2H3,(H,21,25)(H,22,23,24). The highest BCUT2D eigenvalue weighted by Gasteiger charge is 2.17. The molecule has 0 unspecified atom stereocenters. The van der Waals surface area contributed by atoms with Crippen molar-refractivity contribution in [3.63, 3.8) is 0 Å². The van der Waals surface area contributed by atoms with E-state index in [-0.39, 0.29) is 5.91 Å². The number of anilines is 1. The average Bonchev–Trinajstić information content (AvgIpc) is 3.14. The van der Waals surface area contributed by atoms with Crippen LogP contribution in [0.1, 0.15) is 47.4 Å². The summed E-state index contributed by atoms with van der Waals surface area (Å²) < 4.78 is 5.34. The molecule has 1 amide bonds. The molecule has 1 heterocycles. The zero-order valence-electron chi connectivity index (χ0n) is 15.4. The Labute approximate surface area is 154 Å². The molecule has 0 bridgehead atoms. The van der Waals surface area contributed by atoms with Gasteiger partial charge >= 0.3 is 0 Å². The predicted molar refractivity (Wildman–Crippen MR) is 102 cm³/mol. The Morgan fingerprint density at radius 2 is 2.00 bits per heavy atom. The lowest BCUT2D eigenvalue weighted by Gasteiger charge is -2.13. The van der Waals surface area contributed by atoms with Crippen molar-refractivity contribution in [1.29, 1.82) is 0 Å². The van der Waals surface area contributed by atoms with E-state index in [0.29, 0.717) is 30.6 Å². The highest BCUT2D eigenvalue weighted by molar-refractivity contribution is 5.92. The van der Waals surface area contributed by atoms with Crippen LogP contribution in [0.5, 0.6) is 5.75 Å². The van der Waals surface area contributed by atoms with Gasteiger partial charge in [-0.1, -0.05) is 31.0 Å². The van der Waals surface area contributed by atoms with Crippen LogP contribution in [0.2, 0.25) is 0 Å². The number of ether oxygens (including phenoxy) is 1. The van der Waals surface area contributed by atoms with E-state index in [4.69, 9.17) is 4.74 Å². The first kappa shape index (κ1) is 18.2. The lowest BCUT2D eigenvalue weighted by atomic mass is 10.1. The molecule has 0 saturated heterocycles. The van der Waals surface area contributed by atoms with Gasteiger partial charge in [0.05, 0.1) is 7.11 Å². The fraction of sp³-hybridized carbons (Fsp3) is 0.450. The molecule has 1 fully saturated rings. The molecule has 26 heavy (non-hydrogen) atoms. The lowest BCUT2D eigenvalue weighted by molar-refractivity contribution is 0.0949. The van der Waals surface area contributed by atoms with Gasteiger partial charge in [0.25, 0.3) is 5.91 Å². The highest BCUT2D eigenvalue weighted by atomic mass is 16.5. The van der Waals surface area contributed by atoms with E-state index in [1.54, 1.807) is 13.2 Å². The van der Waals surface area contributed by atoms with Crippen molar-refractivity contribution in [1.82, 2.24) is 15.3 Å². The maximum Gasteiger partial charge on any atom is 0.270 e. The van der Waals surface area contributed by atoms with Gasteiger partial charge in [-0.2, -0.15) is 0 Å². The molecule has 1 aliphatic carbocycles. The van der Waals surface area contributed by atoms with Gasteiger partial charge in [0.15, 0.2) is 0 Å². The quantitative estimate of drug-likeness (QED) is 0.799. The molecule has 1 aliphatic rings. The van der Waals surface area contributed by atoms with Gasteiger partial charge in [0.1, 0.15) is 11.4 Å². The average molecular weight is 354 g/mol. The summed E-state index contributed by atoms with van der Waals surface area (Å²) in [7, 11) is 1.65. The molecule has 138 valence electrons. The van der Waals surface area contributed by atoms with Crippen molar-refractivity contribution in [2.75, 3.05) is 19.0 Å². The SMILES string of the molecule is COc1ccccc1CCNC(=O)c1cc(C)nc(NC2CCCC2)n1. The van der Waals surface area contributed by atoms with Crippen molar-refractivity contribution in [3.05, 3.63) is 47.3 Å². The summed E-state index contributed by atoms with van der Waals surface area (Å²) in [6.07, 6.45) is 5.45.